The van der Waals surface area contributed by atoms with E-state index in [-0.39, 0.29) is 11.5 Å². The number of anilines is 2. The molecule has 1 heterocycles. The first-order chi connectivity index (χ1) is 14.4. The molecule has 3 aromatic carbocycles. The standard InChI is InChI=1S/C23H19BrN4O2/c1-14-26-20-11-10-17(24)12-18(20)23(30)28(14)13-15-6-8-16(9-7-15)22(29)27-21-5-3-2-4-19(21)25/h2-12H,13,25H2,1H3,(H,27,29). The van der Waals surface area contributed by atoms with E-state index in [0.29, 0.717) is 40.2 Å². The second-order valence-corrected chi connectivity index (χ2v) is 7.87. The van der Waals surface area contributed by atoms with Crippen LogP contribution in [0, 0.1) is 6.92 Å². The minimum absolute atomic E-state index is 0.0971. The van der Waals surface area contributed by atoms with Gasteiger partial charge in [-0.2, -0.15) is 0 Å². The average Bonchev–Trinajstić information content (AvgIpc) is 2.74. The van der Waals surface area contributed by atoms with Crippen LogP contribution in [0.4, 0.5) is 11.4 Å². The number of benzene rings is 3. The predicted octanol–water partition coefficient (Wildman–Crippen LogP) is 4.35. The molecule has 150 valence electrons. The van der Waals surface area contributed by atoms with E-state index >= 15 is 0 Å². The zero-order valence-electron chi connectivity index (χ0n) is 16.2. The Morgan fingerprint density at radius 1 is 1.10 bits per heavy atom. The van der Waals surface area contributed by atoms with E-state index in [2.05, 4.69) is 26.2 Å². The second kappa shape index (κ2) is 8.12. The highest BCUT2D eigenvalue weighted by molar-refractivity contribution is 9.10. The van der Waals surface area contributed by atoms with Crippen LogP contribution in [0.25, 0.3) is 10.9 Å². The van der Waals surface area contributed by atoms with Gasteiger partial charge in [0.05, 0.1) is 28.8 Å². The molecule has 0 saturated carbocycles. The van der Waals surface area contributed by atoms with E-state index in [1.54, 1.807) is 34.9 Å². The molecule has 1 aromatic heterocycles. The van der Waals surface area contributed by atoms with E-state index < -0.39 is 0 Å². The van der Waals surface area contributed by atoms with Gasteiger partial charge in [0.2, 0.25) is 0 Å². The molecule has 6 nitrogen and oxygen atoms in total. The van der Waals surface area contributed by atoms with E-state index in [0.717, 1.165) is 10.0 Å². The van der Waals surface area contributed by atoms with Gasteiger partial charge in [0.25, 0.3) is 11.5 Å². The molecule has 0 saturated heterocycles. The topological polar surface area (TPSA) is 90.0 Å². The summed E-state index contributed by atoms with van der Waals surface area (Å²) >= 11 is 3.40. The molecule has 0 atom stereocenters. The van der Waals surface area contributed by atoms with Gasteiger partial charge >= 0.3 is 0 Å². The van der Waals surface area contributed by atoms with Crippen molar-refractivity contribution in [1.29, 1.82) is 0 Å². The number of nitrogens with two attached hydrogens (primary N) is 1. The molecule has 7 heteroatoms. The Morgan fingerprint density at radius 2 is 1.83 bits per heavy atom. The molecule has 0 aliphatic rings. The molecule has 0 radical (unpaired) electrons. The maximum Gasteiger partial charge on any atom is 0.261 e. The number of hydrogen-bond donors (Lipinski definition) is 2. The van der Waals surface area contributed by atoms with Crippen LogP contribution in [0.2, 0.25) is 0 Å². The first kappa shape index (κ1) is 19.8. The number of fused-ring (bicyclic) bond motifs is 1. The number of amides is 1. The molecule has 0 spiro atoms. The summed E-state index contributed by atoms with van der Waals surface area (Å²) < 4.78 is 2.47. The van der Waals surface area contributed by atoms with Crippen molar-refractivity contribution >= 4 is 44.1 Å². The normalized spacial score (nSPS) is 10.9. The van der Waals surface area contributed by atoms with Gasteiger partial charge in [-0.15, -0.1) is 0 Å². The maximum absolute atomic E-state index is 12.9. The number of nitrogens with zero attached hydrogens (tertiary/aromatic N) is 2. The highest BCUT2D eigenvalue weighted by atomic mass is 79.9. The molecule has 1 amide bonds. The Morgan fingerprint density at radius 3 is 2.57 bits per heavy atom. The maximum atomic E-state index is 12.9. The lowest BCUT2D eigenvalue weighted by Crippen LogP contribution is -2.24. The van der Waals surface area contributed by atoms with Crippen molar-refractivity contribution in [3.63, 3.8) is 0 Å². The Kier molecular flexibility index (Phi) is 5.37. The third kappa shape index (κ3) is 3.97. The Bertz CT molecular complexity index is 1310. The summed E-state index contributed by atoms with van der Waals surface area (Å²) in [6.07, 6.45) is 0. The predicted molar refractivity (Wildman–Crippen MR) is 123 cm³/mol. The second-order valence-electron chi connectivity index (χ2n) is 6.95. The molecule has 0 unspecified atom stereocenters. The first-order valence-electron chi connectivity index (χ1n) is 9.34. The molecular weight excluding hydrogens is 444 g/mol. The van der Waals surface area contributed by atoms with Gasteiger partial charge in [-0.3, -0.25) is 14.2 Å². The fourth-order valence-electron chi connectivity index (χ4n) is 3.24. The molecule has 0 aliphatic heterocycles. The number of nitrogen functional groups attached to an aromatic ring is 1. The van der Waals surface area contributed by atoms with Gasteiger partial charge in [0.1, 0.15) is 5.82 Å². The van der Waals surface area contributed by atoms with Crippen molar-refractivity contribution in [2.24, 2.45) is 0 Å². The number of para-hydroxylation sites is 2. The summed E-state index contributed by atoms with van der Waals surface area (Å²) in [6, 6.07) is 19.7. The number of hydrogen-bond acceptors (Lipinski definition) is 4. The van der Waals surface area contributed by atoms with Crippen molar-refractivity contribution < 1.29 is 4.79 Å². The lowest BCUT2D eigenvalue weighted by molar-refractivity contribution is 0.102. The van der Waals surface area contributed by atoms with Crippen molar-refractivity contribution in [3.05, 3.63) is 98.5 Å². The number of nitrogens with one attached hydrogen (secondary N) is 1. The molecule has 0 fully saturated rings. The lowest BCUT2D eigenvalue weighted by Gasteiger charge is -2.12. The van der Waals surface area contributed by atoms with E-state index in [1.165, 1.54) is 0 Å². The number of aryl methyl sites for hydroxylation is 1. The largest absolute Gasteiger partial charge is 0.397 e. The van der Waals surface area contributed by atoms with Crippen LogP contribution in [-0.4, -0.2) is 15.5 Å². The van der Waals surface area contributed by atoms with E-state index in [9.17, 15) is 9.59 Å². The smallest absolute Gasteiger partial charge is 0.261 e. The number of rotatable bonds is 4. The third-order valence-electron chi connectivity index (χ3n) is 4.87. The molecule has 0 bridgehead atoms. The molecule has 3 N–H and O–H groups in total. The van der Waals surface area contributed by atoms with Crippen molar-refractivity contribution in [2.75, 3.05) is 11.1 Å². The zero-order valence-corrected chi connectivity index (χ0v) is 17.8. The zero-order chi connectivity index (χ0) is 21.3. The Balaban J connectivity index is 1.57. The van der Waals surface area contributed by atoms with Crippen molar-refractivity contribution in [3.8, 4) is 0 Å². The van der Waals surface area contributed by atoms with Gasteiger partial charge in [-0.05, 0) is 55.0 Å². The molecular formula is C23H19BrN4O2. The summed E-state index contributed by atoms with van der Waals surface area (Å²) in [6.45, 7) is 2.18. The van der Waals surface area contributed by atoms with Crippen LogP contribution < -0.4 is 16.6 Å². The first-order valence-corrected chi connectivity index (χ1v) is 10.1. The van der Waals surface area contributed by atoms with Gasteiger partial charge in [0.15, 0.2) is 0 Å². The summed E-state index contributed by atoms with van der Waals surface area (Å²) in [4.78, 5) is 30.0. The quantitative estimate of drug-likeness (QED) is 0.441. The van der Waals surface area contributed by atoms with Crippen LogP contribution in [0.5, 0.6) is 0 Å². The van der Waals surface area contributed by atoms with Crippen LogP contribution in [-0.2, 0) is 6.54 Å². The van der Waals surface area contributed by atoms with Gasteiger partial charge < -0.3 is 11.1 Å². The molecule has 4 rings (SSSR count). The van der Waals surface area contributed by atoms with Crippen LogP contribution >= 0.6 is 15.9 Å². The highest BCUT2D eigenvalue weighted by Gasteiger charge is 2.11. The Labute approximate surface area is 181 Å². The molecule has 4 aromatic rings. The van der Waals surface area contributed by atoms with E-state index in [1.807, 2.05) is 43.3 Å². The lowest BCUT2D eigenvalue weighted by atomic mass is 10.1. The van der Waals surface area contributed by atoms with E-state index in [4.69, 9.17) is 5.73 Å². The highest BCUT2D eigenvalue weighted by Crippen LogP contribution is 2.19. The third-order valence-corrected chi connectivity index (χ3v) is 5.37. The van der Waals surface area contributed by atoms with Crippen LogP contribution in [0.15, 0.2) is 76.0 Å². The average molecular weight is 463 g/mol. The minimum Gasteiger partial charge on any atom is -0.397 e. The summed E-state index contributed by atoms with van der Waals surface area (Å²) in [5.74, 6) is 0.390. The van der Waals surface area contributed by atoms with Crippen molar-refractivity contribution in [1.82, 2.24) is 9.55 Å². The summed E-state index contributed by atoms with van der Waals surface area (Å²) in [7, 11) is 0. The van der Waals surface area contributed by atoms with Crippen molar-refractivity contribution in [2.45, 2.75) is 13.5 Å². The summed E-state index contributed by atoms with van der Waals surface area (Å²) in [5.41, 5.74) is 8.93. The number of halogens is 1. The van der Waals surface area contributed by atoms with Crippen LogP contribution in [0.1, 0.15) is 21.7 Å². The molecule has 30 heavy (non-hydrogen) atoms. The minimum atomic E-state index is -0.245. The number of aromatic nitrogens is 2. The van der Waals surface area contributed by atoms with Gasteiger partial charge in [0, 0.05) is 10.0 Å². The van der Waals surface area contributed by atoms with Gasteiger partial charge in [-0.1, -0.05) is 40.2 Å². The summed E-state index contributed by atoms with van der Waals surface area (Å²) in [5, 5.41) is 3.37. The monoisotopic (exact) mass is 462 g/mol. The van der Waals surface area contributed by atoms with Gasteiger partial charge in [-0.25, -0.2) is 4.98 Å². The number of carbonyl (C=O) groups is 1. The fourth-order valence-corrected chi connectivity index (χ4v) is 3.60. The SMILES string of the molecule is Cc1nc2ccc(Br)cc2c(=O)n1Cc1ccc(C(=O)Nc2ccccc2N)cc1. The number of carbonyl (C=O) groups excluding carboxylic acids is 1. The Hall–Kier alpha value is -3.45. The fraction of sp³-hybridized carbons (Fsp3) is 0.0870. The molecule has 0 aliphatic carbocycles. The van der Waals surface area contributed by atoms with Crippen LogP contribution in [0.3, 0.4) is 0 Å².